The summed E-state index contributed by atoms with van der Waals surface area (Å²) in [5, 5.41) is 5.91. The Bertz CT molecular complexity index is 546. The normalized spacial score (nSPS) is 11.5. The number of esters is 1. The number of nitrogens with zero attached hydrogens (tertiary/aromatic N) is 2. The van der Waals surface area contributed by atoms with Gasteiger partial charge in [-0.1, -0.05) is 11.2 Å². The third-order valence-electron chi connectivity index (χ3n) is 2.70. The van der Waals surface area contributed by atoms with E-state index in [-0.39, 0.29) is 11.9 Å². The van der Waals surface area contributed by atoms with Crippen LogP contribution in [0.1, 0.15) is 37.4 Å². The molecular formula is C13H16N2O3S. The van der Waals surface area contributed by atoms with E-state index in [1.54, 1.807) is 32.1 Å². The predicted octanol–water partition coefficient (Wildman–Crippen LogP) is 2.56. The third kappa shape index (κ3) is 3.01. The van der Waals surface area contributed by atoms with Crippen LogP contribution in [0.2, 0.25) is 0 Å². The number of carbonyl (C=O) groups is 1. The molecule has 0 saturated heterocycles. The van der Waals surface area contributed by atoms with E-state index in [9.17, 15) is 4.79 Å². The van der Waals surface area contributed by atoms with Crippen molar-refractivity contribution in [3.8, 4) is 0 Å². The Morgan fingerprint density at radius 1 is 1.53 bits per heavy atom. The van der Waals surface area contributed by atoms with Gasteiger partial charge in [-0.25, -0.2) is 0 Å². The van der Waals surface area contributed by atoms with Gasteiger partial charge in [-0.3, -0.25) is 4.79 Å². The Labute approximate surface area is 115 Å². The highest BCUT2D eigenvalue weighted by atomic mass is 32.1. The third-order valence-corrected chi connectivity index (χ3v) is 3.58. The van der Waals surface area contributed by atoms with Crippen LogP contribution in [-0.2, 0) is 21.4 Å². The van der Waals surface area contributed by atoms with E-state index in [1.165, 1.54) is 0 Å². The van der Waals surface area contributed by atoms with Crippen molar-refractivity contribution in [2.24, 2.45) is 0 Å². The first-order chi connectivity index (χ1) is 9.04. The number of carbonyl (C=O) groups excluding carboxylic acids is 1. The Hall–Kier alpha value is -1.69. The topological polar surface area (TPSA) is 65.2 Å². The lowest BCUT2D eigenvalue weighted by atomic mass is 9.94. The summed E-state index contributed by atoms with van der Waals surface area (Å²) >= 11 is 1.64. The van der Waals surface area contributed by atoms with Crippen molar-refractivity contribution in [2.45, 2.75) is 32.6 Å². The fourth-order valence-corrected chi connectivity index (χ4v) is 2.25. The molecule has 5 nitrogen and oxygen atoms in total. The molecule has 0 fully saturated rings. The second-order valence-corrected chi connectivity index (χ2v) is 5.65. The van der Waals surface area contributed by atoms with Crippen molar-refractivity contribution < 1.29 is 14.1 Å². The maximum atomic E-state index is 11.8. The molecule has 0 radical (unpaired) electrons. The molecule has 0 atom stereocenters. The minimum Gasteiger partial charge on any atom is -0.465 e. The number of rotatable bonds is 5. The molecule has 2 rings (SSSR count). The molecular weight excluding hydrogens is 264 g/mol. The second-order valence-electron chi connectivity index (χ2n) is 4.62. The molecule has 102 valence electrons. The highest BCUT2D eigenvalue weighted by Gasteiger charge is 2.37. The van der Waals surface area contributed by atoms with Crippen LogP contribution in [0, 0.1) is 0 Å². The Kier molecular flexibility index (Phi) is 3.99. The van der Waals surface area contributed by atoms with Gasteiger partial charge < -0.3 is 9.26 Å². The molecule has 0 saturated carbocycles. The molecule has 0 N–H and O–H groups in total. The van der Waals surface area contributed by atoms with Crippen LogP contribution in [0.15, 0.2) is 22.0 Å². The first-order valence-electron chi connectivity index (χ1n) is 6.06. The number of hydrogen-bond donors (Lipinski definition) is 0. The van der Waals surface area contributed by atoms with Crippen LogP contribution >= 0.6 is 11.3 Å². The van der Waals surface area contributed by atoms with E-state index in [4.69, 9.17) is 9.26 Å². The molecule has 2 aromatic heterocycles. The molecule has 6 heteroatoms. The van der Waals surface area contributed by atoms with Gasteiger partial charge in [-0.15, -0.1) is 11.3 Å². The molecule has 19 heavy (non-hydrogen) atoms. The molecule has 0 aliphatic carbocycles. The molecule has 0 aliphatic rings. The van der Waals surface area contributed by atoms with E-state index in [0.717, 1.165) is 4.88 Å². The largest absolute Gasteiger partial charge is 0.465 e. The monoisotopic (exact) mass is 280 g/mol. The molecule has 0 spiro atoms. The smallest absolute Gasteiger partial charge is 0.321 e. The van der Waals surface area contributed by atoms with Gasteiger partial charge in [0.25, 0.3) is 0 Å². The van der Waals surface area contributed by atoms with E-state index in [2.05, 4.69) is 10.1 Å². The van der Waals surface area contributed by atoms with E-state index < -0.39 is 5.41 Å². The van der Waals surface area contributed by atoms with Crippen LogP contribution in [0.4, 0.5) is 0 Å². The number of ether oxygens (including phenoxy) is 1. The van der Waals surface area contributed by atoms with Crippen LogP contribution < -0.4 is 0 Å². The van der Waals surface area contributed by atoms with Crippen LogP contribution in [0.25, 0.3) is 0 Å². The van der Waals surface area contributed by atoms with E-state index in [0.29, 0.717) is 18.9 Å². The van der Waals surface area contributed by atoms with E-state index >= 15 is 0 Å². The maximum absolute atomic E-state index is 11.8. The molecule has 0 unspecified atom stereocenters. The average molecular weight is 280 g/mol. The molecule has 2 aromatic rings. The molecule has 0 aromatic carbocycles. The van der Waals surface area contributed by atoms with Crippen molar-refractivity contribution in [3.05, 3.63) is 34.1 Å². The zero-order valence-corrected chi connectivity index (χ0v) is 12.0. The zero-order valence-electron chi connectivity index (χ0n) is 11.2. The lowest BCUT2D eigenvalue weighted by Gasteiger charge is -2.16. The predicted molar refractivity (Wildman–Crippen MR) is 71.1 cm³/mol. The van der Waals surface area contributed by atoms with Crippen LogP contribution in [0.5, 0.6) is 0 Å². The van der Waals surface area contributed by atoms with Crippen molar-refractivity contribution in [2.75, 3.05) is 6.61 Å². The fourth-order valence-electron chi connectivity index (χ4n) is 1.55. The number of thiophene rings is 1. The highest BCUT2D eigenvalue weighted by molar-refractivity contribution is 7.09. The maximum Gasteiger partial charge on any atom is 0.321 e. The molecule has 2 heterocycles. The van der Waals surface area contributed by atoms with Gasteiger partial charge in [0.15, 0.2) is 5.82 Å². The molecule has 0 amide bonds. The van der Waals surface area contributed by atoms with Gasteiger partial charge in [-0.05, 0) is 32.2 Å². The van der Waals surface area contributed by atoms with Crippen molar-refractivity contribution >= 4 is 17.3 Å². The quantitative estimate of drug-likeness (QED) is 0.787. The van der Waals surface area contributed by atoms with E-state index in [1.807, 2.05) is 17.5 Å². The summed E-state index contributed by atoms with van der Waals surface area (Å²) in [6, 6.07) is 3.99. The van der Waals surface area contributed by atoms with Gasteiger partial charge in [0.2, 0.25) is 5.89 Å². The summed E-state index contributed by atoms with van der Waals surface area (Å²) in [5.74, 6) is 0.508. The van der Waals surface area contributed by atoms with Crippen molar-refractivity contribution in [1.29, 1.82) is 0 Å². The summed E-state index contributed by atoms with van der Waals surface area (Å²) in [5.41, 5.74) is -0.920. The van der Waals surface area contributed by atoms with Crippen molar-refractivity contribution in [1.82, 2.24) is 10.1 Å². The Morgan fingerprint density at radius 3 is 2.95 bits per heavy atom. The summed E-state index contributed by atoms with van der Waals surface area (Å²) in [6.07, 6.45) is 0.611. The second kappa shape index (κ2) is 5.52. The standard InChI is InChI=1S/C13H16N2O3S/c1-4-17-12(16)13(2,3)11-14-10(15-18-11)8-9-6-5-7-19-9/h5-7H,4,8H2,1-3H3. The lowest BCUT2D eigenvalue weighted by molar-refractivity contribution is -0.149. The highest BCUT2D eigenvalue weighted by Crippen LogP contribution is 2.24. The summed E-state index contributed by atoms with van der Waals surface area (Å²) in [7, 11) is 0. The fraction of sp³-hybridized carbons (Fsp3) is 0.462. The Morgan fingerprint density at radius 2 is 2.32 bits per heavy atom. The van der Waals surface area contributed by atoms with Crippen molar-refractivity contribution in [3.63, 3.8) is 0 Å². The lowest BCUT2D eigenvalue weighted by Crippen LogP contribution is -2.31. The summed E-state index contributed by atoms with van der Waals surface area (Å²) in [4.78, 5) is 17.3. The van der Waals surface area contributed by atoms with Gasteiger partial charge in [0.1, 0.15) is 5.41 Å². The van der Waals surface area contributed by atoms with Gasteiger partial charge in [0.05, 0.1) is 6.61 Å². The zero-order chi connectivity index (χ0) is 13.9. The van der Waals surface area contributed by atoms with Crippen LogP contribution in [0.3, 0.4) is 0 Å². The van der Waals surface area contributed by atoms with Gasteiger partial charge in [-0.2, -0.15) is 4.98 Å². The summed E-state index contributed by atoms with van der Waals surface area (Å²) in [6.45, 7) is 5.53. The van der Waals surface area contributed by atoms with Gasteiger partial charge in [0, 0.05) is 11.3 Å². The SMILES string of the molecule is CCOC(=O)C(C)(C)c1nc(Cc2cccs2)no1. The first-order valence-corrected chi connectivity index (χ1v) is 6.94. The molecule has 0 aliphatic heterocycles. The first kappa shape index (κ1) is 13.7. The molecule has 0 bridgehead atoms. The number of aromatic nitrogens is 2. The Balaban J connectivity index is 2.14. The van der Waals surface area contributed by atoms with Gasteiger partial charge >= 0.3 is 5.97 Å². The number of hydrogen-bond acceptors (Lipinski definition) is 6. The summed E-state index contributed by atoms with van der Waals surface area (Å²) < 4.78 is 10.2. The minimum absolute atomic E-state index is 0.289. The average Bonchev–Trinajstić information content (AvgIpc) is 3.01. The van der Waals surface area contributed by atoms with Crippen LogP contribution in [-0.4, -0.2) is 22.7 Å². The minimum atomic E-state index is -0.920.